The number of nitrogens with one attached hydrogen (secondary N) is 2. The van der Waals surface area contributed by atoms with Gasteiger partial charge in [0.25, 0.3) is 0 Å². The Labute approximate surface area is 213 Å². The molecule has 2 N–H and O–H groups in total. The Balaban J connectivity index is 1.80. The molecule has 8 nitrogen and oxygen atoms in total. The number of hydrogen-bond acceptors (Lipinski definition) is 6. The second-order valence-electron chi connectivity index (χ2n) is 10.9. The van der Waals surface area contributed by atoms with Gasteiger partial charge < -0.3 is 10.6 Å². The first-order valence-electron chi connectivity index (χ1n) is 12.1. The summed E-state index contributed by atoms with van der Waals surface area (Å²) < 4.78 is 0. The van der Waals surface area contributed by atoms with Crippen LogP contribution in [0.4, 0.5) is 11.6 Å². The van der Waals surface area contributed by atoms with Gasteiger partial charge in [-0.05, 0) is 36.4 Å². The lowest BCUT2D eigenvalue weighted by molar-refractivity contribution is -0.123. The predicted octanol–water partition coefficient (Wildman–Crippen LogP) is 5.04. The fourth-order valence-electron chi connectivity index (χ4n) is 3.23. The summed E-state index contributed by atoms with van der Waals surface area (Å²) in [6, 6.07) is 17.1. The average molecular weight is 489 g/mol. The third-order valence-electron chi connectivity index (χ3n) is 5.34. The van der Waals surface area contributed by atoms with Crippen LogP contribution in [-0.2, 0) is 29.2 Å². The molecule has 0 bridgehead atoms. The Kier molecular flexibility index (Phi) is 8.53. The second kappa shape index (κ2) is 11.4. The van der Waals surface area contributed by atoms with Gasteiger partial charge in [-0.25, -0.2) is 9.97 Å². The largest absolute Gasteiger partial charge is 0.310 e. The van der Waals surface area contributed by atoms with Gasteiger partial charge in [0.1, 0.15) is 11.6 Å². The smallest absolute Gasteiger partial charge is 0.230 e. The number of anilines is 2. The van der Waals surface area contributed by atoms with E-state index >= 15 is 0 Å². The van der Waals surface area contributed by atoms with Crippen LogP contribution in [0.2, 0.25) is 0 Å². The average Bonchev–Trinajstić information content (AvgIpc) is 2.79. The van der Waals surface area contributed by atoms with Crippen LogP contribution in [0.3, 0.4) is 0 Å². The van der Waals surface area contributed by atoms with Crippen molar-refractivity contribution in [3.05, 3.63) is 77.9 Å². The molecule has 8 heteroatoms. The predicted molar refractivity (Wildman–Crippen MR) is 142 cm³/mol. The number of pyridine rings is 3. The van der Waals surface area contributed by atoms with Gasteiger partial charge in [0.05, 0.1) is 17.1 Å². The molecule has 3 aromatic rings. The highest BCUT2D eigenvalue weighted by atomic mass is 16.2. The van der Waals surface area contributed by atoms with E-state index in [0.29, 0.717) is 31.3 Å². The van der Waals surface area contributed by atoms with E-state index in [-0.39, 0.29) is 11.8 Å². The van der Waals surface area contributed by atoms with E-state index in [1.165, 1.54) is 0 Å². The van der Waals surface area contributed by atoms with Crippen molar-refractivity contribution in [2.24, 2.45) is 10.8 Å². The van der Waals surface area contributed by atoms with Crippen molar-refractivity contribution in [1.29, 1.82) is 0 Å². The number of rotatable bonds is 8. The minimum absolute atomic E-state index is 0.0872. The summed E-state index contributed by atoms with van der Waals surface area (Å²) in [5, 5.41) is 5.80. The minimum Gasteiger partial charge on any atom is -0.310 e. The Bertz CT molecular complexity index is 1110. The molecule has 0 unspecified atom stereocenters. The van der Waals surface area contributed by atoms with Crippen LogP contribution < -0.4 is 10.6 Å². The van der Waals surface area contributed by atoms with Crippen LogP contribution in [0.25, 0.3) is 0 Å². The maximum Gasteiger partial charge on any atom is 0.230 e. The van der Waals surface area contributed by atoms with Crippen LogP contribution in [0.1, 0.15) is 58.6 Å². The number of carbonyl (C=O) groups excluding carboxylic acids is 2. The van der Waals surface area contributed by atoms with Crippen LogP contribution in [0, 0.1) is 10.8 Å². The quantitative estimate of drug-likeness (QED) is 0.461. The molecule has 0 aliphatic carbocycles. The second-order valence-corrected chi connectivity index (χ2v) is 10.9. The van der Waals surface area contributed by atoms with Crippen LogP contribution >= 0.6 is 0 Å². The molecule has 3 heterocycles. The molecular formula is C28H36N6O2. The molecule has 0 aliphatic heterocycles. The summed E-state index contributed by atoms with van der Waals surface area (Å²) in [6.07, 6.45) is 1.77. The topological polar surface area (TPSA) is 100 Å². The molecule has 3 rings (SSSR count). The molecule has 36 heavy (non-hydrogen) atoms. The summed E-state index contributed by atoms with van der Waals surface area (Å²) in [6.45, 7) is 12.8. The van der Waals surface area contributed by atoms with Gasteiger partial charge in [-0.3, -0.25) is 19.5 Å². The lowest BCUT2D eigenvalue weighted by atomic mass is 9.96. The van der Waals surface area contributed by atoms with E-state index in [1.54, 1.807) is 18.3 Å². The van der Waals surface area contributed by atoms with Crippen molar-refractivity contribution >= 4 is 23.5 Å². The number of carbonyl (C=O) groups is 2. The monoisotopic (exact) mass is 488 g/mol. The third-order valence-corrected chi connectivity index (χ3v) is 5.34. The highest BCUT2D eigenvalue weighted by molar-refractivity contribution is 5.94. The Morgan fingerprint density at radius 3 is 1.53 bits per heavy atom. The fourth-order valence-corrected chi connectivity index (χ4v) is 3.23. The Morgan fingerprint density at radius 2 is 1.11 bits per heavy atom. The number of amides is 2. The van der Waals surface area contributed by atoms with Crippen LogP contribution in [-0.4, -0.2) is 31.7 Å². The van der Waals surface area contributed by atoms with Gasteiger partial charge >= 0.3 is 0 Å². The molecule has 2 amide bonds. The van der Waals surface area contributed by atoms with E-state index in [9.17, 15) is 9.59 Å². The zero-order valence-corrected chi connectivity index (χ0v) is 22.0. The molecule has 0 saturated carbocycles. The van der Waals surface area contributed by atoms with Crippen molar-refractivity contribution in [2.45, 2.75) is 61.2 Å². The minimum atomic E-state index is -0.512. The maximum atomic E-state index is 12.4. The normalized spacial score (nSPS) is 11.9. The first-order valence-corrected chi connectivity index (χ1v) is 12.1. The van der Waals surface area contributed by atoms with Crippen molar-refractivity contribution in [1.82, 2.24) is 19.9 Å². The summed E-state index contributed by atoms with van der Waals surface area (Å²) in [5.74, 6) is 0.872. The van der Waals surface area contributed by atoms with Gasteiger partial charge in [-0.2, -0.15) is 0 Å². The van der Waals surface area contributed by atoms with Gasteiger partial charge in [0, 0.05) is 36.7 Å². The number of nitrogens with zero attached hydrogens (tertiary/aromatic N) is 4. The van der Waals surface area contributed by atoms with Crippen molar-refractivity contribution in [3.8, 4) is 0 Å². The lowest BCUT2D eigenvalue weighted by Crippen LogP contribution is -2.29. The summed E-state index contributed by atoms with van der Waals surface area (Å²) in [4.78, 5) is 40.8. The van der Waals surface area contributed by atoms with Crippen molar-refractivity contribution in [2.75, 3.05) is 10.6 Å². The SMILES string of the molecule is CC(C)(C)C(=O)Nc1cccc(CN(Cc2ccccn2)Cc2cccc(NC(=O)C(C)(C)C)n2)n1. The molecule has 0 radical (unpaired) electrons. The molecule has 0 aromatic carbocycles. The molecule has 0 spiro atoms. The number of aromatic nitrogens is 3. The van der Waals surface area contributed by atoms with E-state index in [1.807, 2.05) is 84.0 Å². The first kappa shape index (κ1) is 26.9. The summed E-state index contributed by atoms with van der Waals surface area (Å²) >= 11 is 0. The fraction of sp³-hybridized carbons (Fsp3) is 0.393. The van der Waals surface area contributed by atoms with E-state index in [4.69, 9.17) is 0 Å². The molecular weight excluding hydrogens is 452 g/mol. The summed E-state index contributed by atoms with van der Waals surface area (Å²) in [7, 11) is 0. The Morgan fingerprint density at radius 1 is 0.667 bits per heavy atom. The van der Waals surface area contributed by atoms with Gasteiger partial charge in [0.2, 0.25) is 11.8 Å². The van der Waals surface area contributed by atoms with E-state index < -0.39 is 10.8 Å². The Hall–Kier alpha value is -3.65. The zero-order valence-electron chi connectivity index (χ0n) is 22.0. The van der Waals surface area contributed by atoms with Crippen molar-refractivity contribution in [3.63, 3.8) is 0 Å². The highest BCUT2D eigenvalue weighted by Gasteiger charge is 2.23. The maximum absolute atomic E-state index is 12.4. The molecule has 190 valence electrons. The van der Waals surface area contributed by atoms with Gasteiger partial charge in [-0.15, -0.1) is 0 Å². The molecule has 3 aromatic heterocycles. The number of hydrogen-bond donors (Lipinski definition) is 2. The molecule has 0 fully saturated rings. The van der Waals surface area contributed by atoms with Crippen LogP contribution in [0.15, 0.2) is 60.8 Å². The van der Waals surface area contributed by atoms with E-state index in [2.05, 4.69) is 30.5 Å². The highest BCUT2D eigenvalue weighted by Crippen LogP contribution is 2.19. The standard InChI is InChI=1S/C28H36N6O2/c1-27(2,3)25(35)32-23-14-9-12-21(30-23)18-34(17-20-11-7-8-16-29-20)19-22-13-10-15-24(31-22)33-26(36)28(4,5)6/h7-16H,17-19H2,1-6H3,(H,30,32,35)(H,31,33,36). The molecule has 0 atom stereocenters. The third kappa shape index (κ3) is 8.23. The van der Waals surface area contributed by atoms with Crippen LogP contribution in [0.5, 0.6) is 0 Å². The van der Waals surface area contributed by atoms with E-state index in [0.717, 1.165) is 17.1 Å². The summed E-state index contributed by atoms with van der Waals surface area (Å²) in [5.41, 5.74) is 1.53. The van der Waals surface area contributed by atoms with Gasteiger partial charge in [-0.1, -0.05) is 59.7 Å². The van der Waals surface area contributed by atoms with Crippen molar-refractivity contribution < 1.29 is 9.59 Å². The molecule has 0 aliphatic rings. The zero-order chi connectivity index (χ0) is 26.3. The molecule has 0 saturated heterocycles. The first-order chi connectivity index (χ1) is 16.9. The van der Waals surface area contributed by atoms with Gasteiger partial charge in [0.15, 0.2) is 0 Å². The lowest BCUT2D eigenvalue weighted by Gasteiger charge is -2.23.